The van der Waals surface area contributed by atoms with E-state index in [4.69, 9.17) is 9.72 Å². The first kappa shape index (κ1) is 19.1. The van der Waals surface area contributed by atoms with Crippen molar-refractivity contribution < 1.29 is 13.9 Å². The van der Waals surface area contributed by atoms with Crippen LogP contribution < -0.4 is 15.4 Å². The molecule has 2 aromatic heterocycles. The van der Waals surface area contributed by atoms with Gasteiger partial charge >= 0.3 is 0 Å². The van der Waals surface area contributed by atoms with Gasteiger partial charge in [-0.2, -0.15) is 0 Å². The number of hydrogen-bond donors (Lipinski definition) is 2. The number of carbonyl (C=O) groups excluding carboxylic acids is 1. The summed E-state index contributed by atoms with van der Waals surface area (Å²) in [6, 6.07) is 8.72. The molecule has 1 fully saturated rings. The first-order valence-electron chi connectivity index (χ1n) is 10.4. The summed E-state index contributed by atoms with van der Waals surface area (Å²) in [5.41, 5.74) is 1.95. The molecule has 1 aliphatic heterocycles. The molecular weight excluding hydrogens is 383 g/mol. The minimum absolute atomic E-state index is 0.236. The first-order chi connectivity index (χ1) is 14.5. The highest BCUT2D eigenvalue weighted by Crippen LogP contribution is 2.43. The van der Waals surface area contributed by atoms with Gasteiger partial charge in [-0.3, -0.25) is 9.20 Å². The predicted octanol–water partition coefficient (Wildman–Crippen LogP) is 3.50. The van der Waals surface area contributed by atoms with Gasteiger partial charge in [0, 0.05) is 30.8 Å². The Morgan fingerprint density at radius 3 is 2.93 bits per heavy atom. The molecule has 1 aromatic carbocycles. The lowest BCUT2D eigenvalue weighted by Gasteiger charge is -2.26. The molecule has 2 N–H and O–H groups in total. The zero-order valence-corrected chi connectivity index (χ0v) is 17.2. The monoisotopic (exact) mass is 408 g/mol. The largest absolute Gasteiger partial charge is 0.491 e. The van der Waals surface area contributed by atoms with Crippen molar-refractivity contribution >= 4 is 11.4 Å². The number of fused-ring (bicyclic) bond motifs is 2. The highest BCUT2D eigenvalue weighted by Gasteiger charge is 2.35. The van der Waals surface area contributed by atoms with Crippen molar-refractivity contribution in [3.63, 3.8) is 0 Å². The molecule has 2 aliphatic rings. The van der Waals surface area contributed by atoms with Crippen LogP contribution in [0.3, 0.4) is 0 Å². The number of para-hydroxylation sites is 1. The van der Waals surface area contributed by atoms with Gasteiger partial charge in [0.1, 0.15) is 29.5 Å². The molecule has 1 saturated carbocycles. The Morgan fingerprint density at radius 2 is 2.13 bits per heavy atom. The normalized spacial score (nSPS) is 16.6. The lowest BCUT2D eigenvalue weighted by Crippen LogP contribution is -2.42. The minimum atomic E-state index is -0.813. The molecule has 0 bridgehead atoms. The summed E-state index contributed by atoms with van der Waals surface area (Å²) in [5.74, 6) is 1.02. The van der Waals surface area contributed by atoms with Gasteiger partial charge in [0.25, 0.3) is 5.91 Å². The lowest BCUT2D eigenvalue weighted by atomic mass is 10.0. The Labute approximate surface area is 174 Å². The number of carbonyl (C=O) groups is 1. The molecule has 0 atom stereocenters. The molecule has 0 unspecified atom stereocenters. The van der Waals surface area contributed by atoms with E-state index in [9.17, 15) is 9.18 Å². The van der Waals surface area contributed by atoms with E-state index in [0.29, 0.717) is 41.7 Å². The van der Waals surface area contributed by atoms with E-state index < -0.39 is 5.54 Å². The zero-order valence-electron chi connectivity index (χ0n) is 17.2. The van der Waals surface area contributed by atoms with Crippen LogP contribution in [-0.2, 0) is 12.1 Å². The maximum absolute atomic E-state index is 14.6. The Morgan fingerprint density at radius 1 is 1.30 bits per heavy atom. The minimum Gasteiger partial charge on any atom is -0.491 e. The number of amides is 1. The fourth-order valence-electron chi connectivity index (χ4n) is 4.14. The van der Waals surface area contributed by atoms with Gasteiger partial charge in [0.15, 0.2) is 0 Å². The molecule has 156 valence electrons. The summed E-state index contributed by atoms with van der Waals surface area (Å²) in [5, 5.41) is 6.38. The van der Waals surface area contributed by atoms with E-state index in [1.807, 2.05) is 32.2 Å². The van der Waals surface area contributed by atoms with Gasteiger partial charge in [-0.05, 0) is 44.9 Å². The van der Waals surface area contributed by atoms with E-state index in [1.165, 1.54) is 6.07 Å². The van der Waals surface area contributed by atoms with Gasteiger partial charge in [-0.15, -0.1) is 0 Å². The number of nitrogens with one attached hydrogen (secondary N) is 2. The maximum Gasteiger partial charge on any atom is 0.255 e. The van der Waals surface area contributed by atoms with Crippen molar-refractivity contribution in [1.82, 2.24) is 20.0 Å². The molecule has 6 nitrogen and oxygen atoms in total. The summed E-state index contributed by atoms with van der Waals surface area (Å²) in [6.07, 6.45) is 3.85. The van der Waals surface area contributed by atoms with Gasteiger partial charge in [0.05, 0.1) is 16.8 Å². The van der Waals surface area contributed by atoms with E-state index in [-0.39, 0.29) is 11.7 Å². The number of ether oxygens (including phenoxy) is 1. The number of benzene rings is 1. The Hall–Kier alpha value is -2.93. The highest BCUT2D eigenvalue weighted by atomic mass is 19.1. The maximum atomic E-state index is 14.6. The third-order valence-corrected chi connectivity index (χ3v) is 5.77. The Bertz CT molecular complexity index is 1130. The van der Waals surface area contributed by atoms with Gasteiger partial charge in [0.2, 0.25) is 0 Å². The van der Waals surface area contributed by atoms with Gasteiger partial charge in [-0.25, -0.2) is 9.37 Å². The molecule has 5 rings (SSSR count). The average molecular weight is 408 g/mol. The predicted molar refractivity (Wildman–Crippen MR) is 111 cm³/mol. The van der Waals surface area contributed by atoms with Crippen molar-refractivity contribution in [2.45, 2.75) is 44.7 Å². The van der Waals surface area contributed by atoms with Crippen LogP contribution in [-0.4, -0.2) is 28.4 Å². The topological polar surface area (TPSA) is 67.7 Å². The molecule has 3 aromatic rings. The molecule has 1 amide bonds. The summed E-state index contributed by atoms with van der Waals surface area (Å²) < 4.78 is 22.3. The number of hydrogen-bond acceptors (Lipinski definition) is 4. The van der Waals surface area contributed by atoms with E-state index >= 15 is 0 Å². The molecule has 1 aliphatic carbocycles. The second-order valence-corrected chi connectivity index (χ2v) is 8.57. The van der Waals surface area contributed by atoms with Crippen LogP contribution in [0.25, 0.3) is 5.52 Å². The van der Waals surface area contributed by atoms with Crippen LogP contribution in [0.1, 0.15) is 60.0 Å². The highest BCUT2D eigenvalue weighted by molar-refractivity contribution is 5.97. The molecule has 0 radical (unpaired) electrons. The van der Waals surface area contributed by atoms with Crippen molar-refractivity contribution in [3.05, 3.63) is 65.0 Å². The number of rotatable bonds is 4. The first-order valence-corrected chi connectivity index (χ1v) is 10.4. The number of aromatic nitrogens is 2. The van der Waals surface area contributed by atoms with Gasteiger partial charge < -0.3 is 15.4 Å². The van der Waals surface area contributed by atoms with Crippen LogP contribution in [0, 0.1) is 5.82 Å². The van der Waals surface area contributed by atoms with Crippen molar-refractivity contribution in [2.75, 3.05) is 13.2 Å². The zero-order chi connectivity index (χ0) is 20.9. The molecule has 7 heteroatoms. The standard InChI is InChI=1S/C23H25FN4O2/c1-23(2,22-26-18(14-8-9-14)19-17(24)7-4-11-28(19)22)27-21(29)16-6-3-5-15-13-25-10-12-30-20(15)16/h3-7,11,14,25H,8-10,12-13H2,1-2H3,(H,27,29). The second kappa shape index (κ2) is 7.09. The third kappa shape index (κ3) is 3.23. The molecular formula is C23H25FN4O2. The Balaban J connectivity index is 1.52. The number of nitrogens with zero attached hydrogens (tertiary/aromatic N) is 2. The quantitative estimate of drug-likeness (QED) is 0.693. The fraction of sp³-hybridized carbons (Fsp3) is 0.391. The molecule has 30 heavy (non-hydrogen) atoms. The van der Waals surface area contributed by atoms with Crippen molar-refractivity contribution in [3.8, 4) is 5.75 Å². The number of imidazole rings is 1. The Kier molecular flexibility index (Phi) is 4.50. The number of halogens is 1. The summed E-state index contributed by atoms with van der Waals surface area (Å²) in [6.45, 7) is 5.69. The fourth-order valence-corrected chi connectivity index (χ4v) is 4.14. The van der Waals surface area contributed by atoms with E-state index in [1.54, 1.807) is 16.5 Å². The van der Waals surface area contributed by atoms with E-state index in [0.717, 1.165) is 30.6 Å². The van der Waals surface area contributed by atoms with Crippen LogP contribution in [0.2, 0.25) is 0 Å². The molecule has 0 spiro atoms. The lowest BCUT2D eigenvalue weighted by molar-refractivity contribution is 0.0904. The van der Waals surface area contributed by atoms with Gasteiger partial charge in [-0.1, -0.05) is 12.1 Å². The van der Waals surface area contributed by atoms with Crippen molar-refractivity contribution in [2.24, 2.45) is 0 Å². The number of pyridine rings is 1. The third-order valence-electron chi connectivity index (χ3n) is 5.77. The molecule has 3 heterocycles. The summed E-state index contributed by atoms with van der Waals surface area (Å²) in [4.78, 5) is 18.1. The SMILES string of the molecule is CC(C)(NC(=O)c1cccc2c1OCCNC2)c1nc(C2CC2)c2c(F)cccn12. The van der Waals surface area contributed by atoms with Crippen LogP contribution in [0.15, 0.2) is 36.5 Å². The van der Waals surface area contributed by atoms with Crippen molar-refractivity contribution in [1.29, 1.82) is 0 Å². The smallest absolute Gasteiger partial charge is 0.255 e. The van der Waals surface area contributed by atoms with Crippen LogP contribution in [0.5, 0.6) is 5.75 Å². The average Bonchev–Trinajstić information content (AvgIpc) is 3.51. The summed E-state index contributed by atoms with van der Waals surface area (Å²) in [7, 11) is 0. The summed E-state index contributed by atoms with van der Waals surface area (Å²) >= 11 is 0. The molecule has 0 saturated heterocycles. The van der Waals surface area contributed by atoms with Crippen LogP contribution in [0.4, 0.5) is 4.39 Å². The van der Waals surface area contributed by atoms with Crippen LogP contribution >= 0.6 is 0 Å². The second-order valence-electron chi connectivity index (χ2n) is 8.57. The van der Waals surface area contributed by atoms with E-state index in [2.05, 4.69) is 10.6 Å².